The van der Waals surface area contributed by atoms with Gasteiger partial charge in [-0.1, -0.05) is 39.0 Å². The van der Waals surface area contributed by atoms with Crippen LogP contribution in [0.1, 0.15) is 52.4 Å². The summed E-state index contributed by atoms with van der Waals surface area (Å²) in [6.45, 7) is 5.19. The van der Waals surface area contributed by atoms with Gasteiger partial charge in [0, 0.05) is 13.2 Å². The summed E-state index contributed by atoms with van der Waals surface area (Å²) >= 11 is 0. The number of ether oxygens (including phenoxy) is 1. The number of aliphatic hydroxyl groups is 1. The lowest BCUT2D eigenvalue weighted by Gasteiger charge is -2.15. The molecule has 5 heteroatoms. The third kappa shape index (κ3) is 12.1. The van der Waals surface area contributed by atoms with Gasteiger partial charge < -0.3 is 20.9 Å². The molecule has 19 heavy (non-hydrogen) atoms. The van der Waals surface area contributed by atoms with E-state index < -0.39 is 18.1 Å². The molecule has 114 valence electrons. The Morgan fingerprint density at radius 2 is 1.89 bits per heavy atom. The van der Waals surface area contributed by atoms with Crippen LogP contribution in [0, 0.1) is 0 Å². The van der Waals surface area contributed by atoms with Gasteiger partial charge in [0.2, 0.25) is 5.91 Å². The largest absolute Gasteiger partial charge is 0.389 e. The van der Waals surface area contributed by atoms with Crippen LogP contribution >= 0.6 is 0 Å². The van der Waals surface area contributed by atoms with Gasteiger partial charge in [0.05, 0.1) is 18.8 Å². The molecule has 0 radical (unpaired) electrons. The highest BCUT2D eigenvalue weighted by molar-refractivity contribution is 5.79. The molecule has 0 heterocycles. The number of nitrogens with one attached hydrogen (secondary N) is 1. The number of primary amides is 1. The Balaban J connectivity index is 3.29. The first-order valence-corrected chi connectivity index (χ1v) is 7.36. The number of carbonyl (C=O) groups is 1. The summed E-state index contributed by atoms with van der Waals surface area (Å²) in [7, 11) is 0. The van der Waals surface area contributed by atoms with Crippen LogP contribution < -0.4 is 11.1 Å². The lowest BCUT2D eigenvalue weighted by molar-refractivity contribution is -0.119. The Morgan fingerprint density at radius 1 is 1.26 bits per heavy atom. The van der Waals surface area contributed by atoms with Gasteiger partial charge in [0.25, 0.3) is 0 Å². The standard InChI is InChI=1S/C14H30N2O3/c1-3-4-5-6-7-8-9-19-11-13(17)10-16-12(2)14(15)18/h12-13,16-17H,3-11H2,1-2H3,(H2,15,18). The van der Waals surface area contributed by atoms with Crippen LogP contribution in [0.3, 0.4) is 0 Å². The van der Waals surface area contributed by atoms with Crippen molar-refractivity contribution < 1.29 is 14.6 Å². The number of hydrogen-bond acceptors (Lipinski definition) is 4. The van der Waals surface area contributed by atoms with Crippen molar-refractivity contribution in [2.45, 2.75) is 64.5 Å². The zero-order valence-corrected chi connectivity index (χ0v) is 12.4. The fraction of sp³-hybridized carbons (Fsp3) is 0.929. The topological polar surface area (TPSA) is 84.6 Å². The predicted molar refractivity (Wildman–Crippen MR) is 76.9 cm³/mol. The van der Waals surface area contributed by atoms with Crippen molar-refractivity contribution in [2.75, 3.05) is 19.8 Å². The van der Waals surface area contributed by atoms with Gasteiger partial charge in [0.15, 0.2) is 0 Å². The van der Waals surface area contributed by atoms with Crippen molar-refractivity contribution >= 4 is 5.91 Å². The van der Waals surface area contributed by atoms with Gasteiger partial charge in [-0.3, -0.25) is 4.79 Å². The van der Waals surface area contributed by atoms with Crippen LogP contribution in [0.5, 0.6) is 0 Å². The number of hydrogen-bond donors (Lipinski definition) is 3. The molecule has 4 N–H and O–H groups in total. The molecule has 0 spiro atoms. The van der Waals surface area contributed by atoms with Gasteiger partial charge in [-0.15, -0.1) is 0 Å². The molecular weight excluding hydrogens is 244 g/mol. The van der Waals surface area contributed by atoms with Crippen molar-refractivity contribution in [3.63, 3.8) is 0 Å². The van der Waals surface area contributed by atoms with Crippen LogP contribution in [0.4, 0.5) is 0 Å². The molecule has 0 aromatic rings. The van der Waals surface area contributed by atoms with Gasteiger partial charge in [-0.2, -0.15) is 0 Å². The summed E-state index contributed by atoms with van der Waals surface area (Å²) in [5, 5.41) is 12.5. The third-order valence-corrected chi connectivity index (χ3v) is 3.04. The van der Waals surface area contributed by atoms with Gasteiger partial charge >= 0.3 is 0 Å². The summed E-state index contributed by atoms with van der Waals surface area (Å²) in [6, 6.07) is -0.423. The van der Waals surface area contributed by atoms with Crippen molar-refractivity contribution in [3.8, 4) is 0 Å². The minimum atomic E-state index is -0.595. The highest BCUT2D eigenvalue weighted by atomic mass is 16.5. The van der Waals surface area contributed by atoms with E-state index in [4.69, 9.17) is 10.5 Å². The van der Waals surface area contributed by atoms with Crippen molar-refractivity contribution in [2.24, 2.45) is 5.73 Å². The molecule has 0 aromatic heterocycles. The molecule has 1 amide bonds. The van der Waals surface area contributed by atoms with Gasteiger partial charge in [0.1, 0.15) is 0 Å². The lowest BCUT2D eigenvalue weighted by Crippen LogP contribution is -2.43. The van der Waals surface area contributed by atoms with Crippen LogP contribution in [-0.4, -0.2) is 42.9 Å². The fourth-order valence-electron chi connectivity index (χ4n) is 1.68. The first kappa shape index (κ1) is 18.4. The first-order chi connectivity index (χ1) is 9.07. The Morgan fingerprint density at radius 3 is 2.53 bits per heavy atom. The molecule has 0 rings (SSSR count). The first-order valence-electron chi connectivity index (χ1n) is 7.36. The molecule has 0 saturated heterocycles. The van der Waals surface area contributed by atoms with Crippen molar-refractivity contribution in [1.29, 1.82) is 0 Å². The molecule has 5 nitrogen and oxygen atoms in total. The molecule has 0 aliphatic rings. The van der Waals surface area contributed by atoms with E-state index in [1.165, 1.54) is 32.1 Å². The molecule has 0 aliphatic heterocycles. The molecule has 0 aliphatic carbocycles. The van der Waals surface area contributed by atoms with E-state index >= 15 is 0 Å². The smallest absolute Gasteiger partial charge is 0.234 e. The van der Waals surface area contributed by atoms with Crippen LogP contribution in [0.2, 0.25) is 0 Å². The number of rotatable bonds is 13. The summed E-state index contributed by atoms with van der Waals surface area (Å²) in [5.74, 6) is -0.416. The van der Waals surface area contributed by atoms with E-state index in [0.717, 1.165) is 6.42 Å². The van der Waals surface area contributed by atoms with Crippen molar-refractivity contribution in [3.05, 3.63) is 0 Å². The van der Waals surface area contributed by atoms with E-state index in [9.17, 15) is 9.90 Å². The Kier molecular flexibility index (Phi) is 12.0. The average molecular weight is 274 g/mol. The maximum atomic E-state index is 10.8. The van der Waals surface area contributed by atoms with E-state index in [2.05, 4.69) is 12.2 Å². The molecule has 0 bridgehead atoms. The van der Waals surface area contributed by atoms with Crippen LogP contribution in [-0.2, 0) is 9.53 Å². The third-order valence-electron chi connectivity index (χ3n) is 3.04. The SMILES string of the molecule is CCCCCCCCOCC(O)CNC(C)C(N)=O. The number of unbranched alkanes of at least 4 members (excludes halogenated alkanes) is 5. The molecule has 0 saturated carbocycles. The Labute approximate surface area is 116 Å². The summed E-state index contributed by atoms with van der Waals surface area (Å²) in [4.78, 5) is 10.8. The van der Waals surface area contributed by atoms with Crippen LogP contribution in [0.25, 0.3) is 0 Å². The number of amides is 1. The highest BCUT2D eigenvalue weighted by Crippen LogP contribution is 2.04. The summed E-state index contributed by atoms with van der Waals surface area (Å²) in [6.07, 6.45) is 6.77. The quantitative estimate of drug-likeness (QED) is 0.440. The molecule has 2 atom stereocenters. The number of aliphatic hydroxyl groups excluding tert-OH is 1. The Hall–Kier alpha value is -0.650. The normalized spacial score (nSPS) is 14.3. The maximum absolute atomic E-state index is 10.8. The zero-order chi connectivity index (χ0) is 14.5. The molecular formula is C14H30N2O3. The summed E-state index contributed by atoms with van der Waals surface area (Å²) < 4.78 is 5.39. The minimum Gasteiger partial charge on any atom is -0.389 e. The Bertz CT molecular complexity index is 225. The monoisotopic (exact) mass is 274 g/mol. The highest BCUT2D eigenvalue weighted by Gasteiger charge is 2.10. The number of carbonyl (C=O) groups excluding carboxylic acids is 1. The van der Waals surface area contributed by atoms with E-state index in [1.807, 2.05) is 0 Å². The van der Waals surface area contributed by atoms with E-state index in [1.54, 1.807) is 6.92 Å². The number of nitrogens with two attached hydrogens (primary N) is 1. The molecule has 0 aromatic carbocycles. The second-order valence-electron chi connectivity index (χ2n) is 5.03. The van der Waals surface area contributed by atoms with E-state index in [-0.39, 0.29) is 0 Å². The van der Waals surface area contributed by atoms with Crippen LogP contribution in [0.15, 0.2) is 0 Å². The predicted octanol–water partition coefficient (Wildman–Crippen LogP) is 1.19. The van der Waals surface area contributed by atoms with Gasteiger partial charge in [-0.25, -0.2) is 0 Å². The average Bonchev–Trinajstić information content (AvgIpc) is 2.38. The molecule has 0 fully saturated rings. The summed E-state index contributed by atoms with van der Waals surface area (Å²) in [5.41, 5.74) is 5.10. The van der Waals surface area contributed by atoms with E-state index in [0.29, 0.717) is 19.8 Å². The minimum absolute atomic E-state index is 0.299. The van der Waals surface area contributed by atoms with Crippen molar-refractivity contribution in [1.82, 2.24) is 5.32 Å². The maximum Gasteiger partial charge on any atom is 0.234 e. The lowest BCUT2D eigenvalue weighted by atomic mass is 10.1. The molecule has 2 unspecified atom stereocenters. The van der Waals surface area contributed by atoms with Gasteiger partial charge in [-0.05, 0) is 13.3 Å². The zero-order valence-electron chi connectivity index (χ0n) is 12.4. The second kappa shape index (κ2) is 12.4. The second-order valence-corrected chi connectivity index (χ2v) is 5.03. The fourth-order valence-corrected chi connectivity index (χ4v) is 1.68.